The second-order valence-corrected chi connectivity index (χ2v) is 8.51. The predicted molar refractivity (Wildman–Crippen MR) is 128 cm³/mol. The third kappa shape index (κ3) is 6.32. The molecule has 1 amide bonds. The number of ether oxygens (including phenoxy) is 2. The fourth-order valence-corrected chi connectivity index (χ4v) is 4.40. The number of morpholine rings is 1. The summed E-state index contributed by atoms with van der Waals surface area (Å²) in [6.45, 7) is 11.2. The van der Waals surface area contributed by atoms with Gasteiger partial charge in [0.2, 0.25) is 0 Å². The first-order valence-corrected chi connectivity index (χ1v) is 11.4. The minimum absolute atomic E-state index is 0.0975. The van der Waals surface area contributed by atoms with Crippen molar-refractivity contribution in [2.45, 2.75) is 39.9 Å². The number of hydrogen-bond donors (Lipinski definition) is 1. The molecule has 33 heavy (non-hydrogen) atoms. The lowest BCUT2D eigenvalue weighted by atomic mass is 10.1. The number of rotatable bonds is 9. The van der Waals surface area contributed by atoms with Crippen LogP contribution in [0.1, 0.15) is 41.0 Å². The number of aromatic nitrogens is 1. The topological polar surface area (TPSA) is 79.5 Å². The van der Waals surface area contributed by atoms with Gasteiger partial charge in [0.1, 0.15) is 11.6 Å². The fraction of sp³-hybridized carbons (Fsp3) is 0.462. The van der Waals surface area contributed by atoms with Crippen molar-refractivity contribution in [1.29, 1.82) is 5.26 Å². The SMILES string of the molecule is COCC(C)n1c(C)cc(/C=C(\C#N)C(=O)NCc2ccccc2CN2CCOCC2)c1C. The van der Waals surface area contributed by atoms with Crippen LogP contribution in [0, 0.1) is 25.2 Å². The van der Waals surface area contributed by atoms with Gasteiger partial charge >= 0.3 is 0 Å². The molecule has 1 unspecified atom stereocenters. The van der Waals surface area contributed by atoms with Crippen LogP contribution < -0.4 is 5.32 Å². The average Bonchev–Trinajstić information content (AvgIpc) is 3.10. The highest BCUT2D eigenvalue weighted by atomic mass is 16.5. The Hall–Kier alpha value is -2.92. The van der Waals surface area contributed by atoms with Crippen molar-refractivity contribution in [3.05, 3.63) is 64.0 Å². The fourth-order valence-electron chi connectivity index (χ4n) is 4.40. The van der Waals surface area contributed by atoms with E-state index < -0.39 is 0 Å². The molecular weight excluding hydrogens is 416 g/mol. The molecule has 1 aromatic heterocycles. The monoisotopic (exact) mass is 450 g/mol. The van der Waals surface area contributed by atoms with Crippen molar-refractivity contribution < 1.29 is 14.3 Å². The normalized spacial score (nSPS) is 15.8. The molecule has 1 aromatic carbocycles. The van der Waals surface area contributed by atoms with Gasteiger partial charge in [-0.15, -0.1) is 0 Å². The summed E-state index contributed by atoms with van der Waals surface area (Å²) in [5, 5.41) is 12.6. The van der Waals surface area contributed by atoms with Gasteiger partial charge in [0.05, 0.1) is 25.9 Å². The molecule has 1 aliphatic rings. The van der Waals surface area contributed by atoms with Crippen LogP contribution in [0.3, 0.4) is 0 Å². The summed E-state index contributed by atoms with van der Waals surface area (Å²) in [6, 6.07) is 12.3. The number of aryl methyl sites for hydroxylation is 1. The van der Waals surface area contributed by atoms with Crippen LogP contribution in [0.5, 0.6) is 0 Å². The standard InChI is InChI=1S/C26H34N4O3/c1-19-13-24(21(3)30(19)20(2)18-32-4)14-25(15-27)26(31)28-16-22-7-5-6-8-23(22)17-29-9-11-33-12-10-29/h5-8,13-14,20H,9-12,16-18H2,1-4H3,(H,28,31)/b25-14+. The minimum atomic E-state index is -0.367. The lowest BCUT2D eigenvalue weighted by Gasteiger charge is -2.27. The molecule has 2 heterocycles. The Balaban J connectivity index is 1.71. The zero-order chi connectivity index (χ0) is 23.8. The van der Waals surface area contributed by atoms with Crippen molar-refractivity contribution in [1.82, 2.24) is 14.8 Å². The number of amides is 1. The van der Waals surface area contributed by atoms with Crippen LogP contribution in [0.4, 0.5) is 0 Å². The van der Waals surface area contributed by atoms with E-state index in [1.54, 1.807) is 13.2 Å². The first kappa shape index (κ1) is 24.7. The lowest BCUT2D eigenvalue weighted by Crippen LogP contribution is -2.36. The van der Waals surface area contributed by atoms with Crippen LogP contribution >= 0.6 is 0 Å². The molecule has 1 fully saturated rings. The summed E-state index contributed by atoms with van der Waals surface area (Å²) in [5.41, 5.74) is 5.28. The van der Waals surface area contributed by atoms with E-state index in [-0.39, 0.29) is 17.5 Å². The molecule has 176 valence electrons. The van der Waals surface area contributed by atoms with E-state index in [4.69, 9.17) is 9.47 Å². The van der Waals surface area contributed by atoms with E-state index in [0.29, 0.717) is 13.2 Å². The van der Waals surface area contributed by atoms with Gasteiger partial charge < -0.3 is 19.4 Å². The molecule has 1 saturated heterocycles. The molecule has 1 N–H and O–H groups in total. The minimum Gasteiger partial charge on any atom is -0.383 e. The Morgan fingerprint density at radius 3 is 2.64 bits per heavy atom. The van der Waals surface area contributed by atoms with Crippen molar-refractivity contribution in [2.75, 3.05) is 40.0 Å². The Morgan fingerprint density at radius 1 is 1.27 bits per heavy atom. The van der Waals surface area contributed by atoms with Crippen molar-refractivity contribution >= 4 is 12.0 Å². The van der Waals surface area contributed by atoms with Crippen molar-refractivity contribution in [3.63, 3.8) is 0 Å². The quantitative estimate of drug-likeness (QED) is 0.468. The van der Waals surface area contributed by atoms with Gasteiger partial charge in [-0.25, -0.2) is 0 Å². The second kappa shape index (κ2) is 11.8. The molecule has 0 bridgehead atoms. The highest BCUT2D eigenvalue weighted by molar-refractivity contribution is 6.01. The number of methoxy groups -OCH3 is 1. The van der Waals surface area contributed by atoms with Gasteiger partial charge in [-0.05, 0) is 49.6 Å². The van der Waals surface area contributed by atoms with E-state index in [2.05, 4.69) is 33.8 Å². The van der Waals surface area contributed by atoms with Crippen LogP contribution in [0.15, 0.2) is 35.9 Å². The molecule has 2 aromatic rings. The Bertz CT molecular complexity index is 1030. The van der Waals surface area contributed by atoms with Gasteiger partial charge in [0.25, 0.3) is 5.91 Å². The number of nitrogens with zero attached hydrogens (tertiary/aromatic N) is 3. The molecule has 7 nitrogen and oxygen atoms in total. The summed E-state index contributed by atoms with van der Waals surface area (Å²) >= 11 is 0. The van der Waals surface area contributed by atoms with E-state index in [1.807, 2.05) is 38.1 Å². The number of nitriles is 1. The highest BCUT2D eigenvalue weighted by Gasteiger charge is 2.17. The number of nitrogens with one attached hydrogen (secondary N) is 1. The number of benzene rings is 1. The van der Waals surface area contributed by atoms with Crippen molar-refractivity contribution in [3.8, 4) is 6.07 Å². The van der Waals surface area contributed by atoms with Crippen LogP contribution in [0.25, 0.3) is 6.08 Å². The van der Waals surface area contributed by atoms with Gasteiger partial charge in [-0.1, -0.05) is 24.3 Å². The Kier molecular flexibility index (Phi) is 8.84. The third-order valence-corrected chi connectivity index (χ3v) is 6.09. The zero-order valence-electron chi connectivity index (χ0n) is 20.1. The summed E-state index contributed by atoms with van der Waals surface area (Å²) in [5.74, 6) is -0.367. The molecule has 1 atom stereocenters. The van der Waals surface area contributed by atoms with Gasteiger partial charge in [0, 0.05) is 44.7 Å². The maximum absolute atomic E-state index is 12.8. The first-order chi connectivity index (χ1) is 15.9. The van der Waals surface area contributed by atoms with E-state index >= 15 is 0 Å². The second-order valence-electron chi connectivity index (χ2n) is 8.51. The first-order valence-electron chi connectivity index (χ1n) is 11.4. The number of carbonyl (C=O) groups excluding carboxylic acids is 1. The van der Waals surface area contributed by atoms with E-state index in [1.165, 1.54) is 5.56 Å². The highest BCUT2D eigenvalue weighted by Crippen LogP contribution is 2.23. The Morgan fingerprint density at radius 2 is 1.97 bits per heavy atom. The number of carbonyl (C=O) groups is 1. The van der Waals surface area contributed by atoms with Crippen LogP contribution in [-0.2, 0) is 27.4 Å². The average molecular weight is 451 g/mol. The molecule has 1 aliphatic heterocycles. The summed E-state index contributed by atoms with van der Waals surface area (Å²) < 4.78 is 12.9. The molecule has 0 saturated carbocycles. The largest absolute Gasteiger partial charge is 0.383 e. The predicted octanol–water partition coefficient (Wildman–Crippen LogP) is 3.37. The van der Waals surface area contributed by atoms with Gasteiger partial charge in [-0.3, -0.25) is 9.69 Å². The van der Waals surface area contributed by atoms with Gasteiger partial charge in [0.15, 0.2) is 0 Å². The molecule has 7 heteroatoms. The van der Waals surface area contributed by atoms with Crippen LogP contribution in [0.2, 0.25) is 0 Å². The molecule has 0 spiro atoms. The smallest absolute Gasteiger partial charge is 0.262 e. The van der Waals surface area contributed by atoms with E-state index in [0.717, 1.165) is 55.4 Å². The summed E-state index contributed by atoms with van der Waals surface area (Å²) in [6.07, 6.45) is 1.67. The molecule has 0 radical (unpaired) electrons. The van der Waals surface area contributed by atoms with Crippen molar-refractivity contribution in [2.24, 2.45) is 0 Å². The summed E-state index contributed by atoms with van der Waals surface area (Å²) in [7, 11) is 1.68. The molecule has 3 rings (SSSR count). The summed E-state index contributed by atoms with van der Waals surface area (Å²) in [4.78, 5) is 15.2. The Labute approximate surface area is 196 Å². The lowest BCUT2D eigenvalue weighted by molar-refractivity contribution is -0.117. The zero-order valence-corrected chi connectivity index (χ0v) is 20.1. The number of hydrogen-bond acceptors (Lipinski definition) is 5. The molecular formula is C26H34N4O3. The maximum Gasteiger partial charge on any atom is 0.262 e. The van der Waals surface area contributed by atoms with Crippen LogP contribution in [-0.4, -0.2) is 55.4 Å². The van der Waals surface area contributed by atoms with Gasteiger partial charge in [-0.2, -0.15) is 5.26 Å². The van der Waals surface area contributed by atoms with E-state index in [9.17, 15) is 10.1 Å². The maximum atomic E-state index is 12.8. The molecule has 0 aliphatic carbocycles. The third-order valence-electron chi connectivity index (χ3n) is 6.09.